The van der Waals surface area contributed by atoms with Crippen molar-refractivity contribution in [1.82, 2.24) is 5.32 Å². The van der Waals surface area contributed by atoms with Crippen LogP contribution in [0.15, 0.2) is 24.3 Å². The molecule has 2 nitrogen and oxygen atoms in total. The molecule has 2 unspecified atom stereocenters. The van der Waals surface area contributed by atoms with Crippen molar-refractivity contribution in [2.24, 2.45) is 0 Å². The van der Waals surface area contributed by atoms with Gasteiger partial charge >= 0.3 is 0 Å². The number of rotatable bonds is 6. The first-order valence-electron chi connectivity index (χ1n) is 5.92. The van der Waals surface area contributed by atoms with Crippen molar-refractivity contribution in [2.45, 2.75) is 32.7 Å². The molecule has 0 spiro atoms. The van der Waals surface area contributed by atoms with Crippen molar-refractivity contribution in [3.05, 3.63) is 35.4 Å². The highest BCUT2D eigenvalue weighted by atomic mass is 16.5. The van der Waals surface area contributed by atoms with Gasteiger partial charge < -0.3 is 10.1 Å². The summed E-state index contributed by atoms with van der Waals surface area (Å²) in [5.41, 5.74) is 2.73. The van der Waals surface area contributed by atoms with Crippen LogP contribution in [0.25, 0.3) is 0 Å². The van der Waals surface area contributed by atoms with Gasteiger partial charge in [-0.1, -0.05) is 36.8 Å². The maximum atomic E-state index is 5.10. The zero-order valence-electron chi connectivity index (χ0n) is 10.8. The molecule has 0 aromatic heterocycles. The summed E-state index contributed by atoms with van der Waals surface area (Å²) >= 11 is 0. The van der Waals surface area contributed by atoms with Gasteiger partial charge in [0.2, 0.25) is 0 Å². The van der Waals surface area contributed by atoms with Crippen LogP contribution in [-0.4, -0.2) is 26.3 Å². The van der Waals surface area contributed by atoms with E-state index in [9.17, 15) is 0 Å². The first kappa shape index (κ1) is 13.2. The van der Waals surface area contributed by atoms with E-state index in [1.807, 2.05) is 0 Å². The third kappa shape index (κ3) is 4.33. The van der Waals surface area contributed by atoms with E-state index in [1.165, 1.54) is 11.1 Å². The highest BCUT2D eigenvalue weighted by Gasteiger charge is 2.07. The Morgan fingerprint density at radius 1 is 1.31 bits per heavy atom. The fourth-order valence-electron chi connectivity index (χ4n) is 1.78. The molecule has 2 atom stereocenters. The van der Waals surface area contributed by atoms with E-state index in [-0.39, 0.29) is 0 Å². The maximum Gasteiger partial charge on any atom is 0.0613 e. The predicted octanol–water partition coefficient (Wildman–Crippen LogP) is 2.72. The number of nitrogens with one attached hydrogen (secondary N) is 1. The number of aryl methyl sites for hydroxylation is 1. The lowest BCUT2D eigenvalue weighted by atomic mass is 9.99. The molecule has 0 heterocycles. The van der Waals surface area contributed by atoms with Gasteiger partial charge in [-0.25, -0.2) is 0 Å². The molecule has 90 valence electrons. The van der Waals surface area contributed by atoms with E-state index in [2.05, 4.69) is 50.4 Å². The topological polar surface area (TPSA) is 21.3 Å². The Kier molecular flexibility index (Phi) is 5.50. The molecule has 0 radical (unpaired) electrons. The van der Waals surface area contributed by atoms with Crippen LogP contribution < -0.4 is 5.32 Å². The lowest BCUT2D eigenvalue weighted by molar-refractivity contribution is 0.171. The second-order valence-electron chi connectivity index (χ2n) is 4.58. The maximum absolute atomic E-state index is 5.10. The van der Waals surface area contributed by atoms with Crippen LogP contribution in [0.3, 0.4) is 0 Å². The molecule has 0 fully saturated rings. The predicted molar refractivity (Wildman–Crippen MR) is 68.9 cm³/mol. The van der Waals surface area contributed by atoms with Crippen molar-refractivity contribution in [1.29, 1.82) is 0 Å². The van der Waals surface area contributed by atoms with Gasteiger partial charge in [0.15, 0.2) is 0 Å². The Morgan fingerprint density at radius 2 is 2.06 bits per heavy atom. The summed E-state index contributed by atoms with van der Waals surface area (Å²) in [4.78, 5) is 0. The first-order valence-corrected chi connectivity index (χ1v) is 5.92. The van der Waals surface area contributed by atoms with Gasteiger partial charge in [0.1, 0.15) is 0 Å². The molecule has 0 aliphatic rings. The Balaban J connectivity index is 2.43. The van der Waals surface area contributed by atoms with Crippen LogP contribution in [0.5, 0.6) is 0 Å². The molecule has 0 aliphatic carbocycles. The van der Waals surface area contributed by atoms with Gasteiger partial charge in [0.05, 0.1) is 6.61 Å². The largest absolute Gasteiger partial charge is 0.383 e. The van der Waals surface area contributed by atoms with E-state index < -0.39 is 0 Å². The minimum atomic E-state index is 0.414. The molecule has 0 saturated carbocycles. The Labute approximate surface area is 99.0 Å². The monoisotopic (exact) mass is 221 g/mol. The Morgan fingerprint density at radius 3 is 2.69 bits per heavy atom. The van der Waals surface area contributed by atoms with Crippen LogP contribution in [0.1, 0.15) is 30.9 Å². The molecule has 1 N–H and O–H groups in total. The lowest BCUT2D eigenvalue weighted by Gasteiger charge is -2.17. The van der Waals surface area contributed by atoms with Gasteiger partial charge in [0, 0.05) is 19.7 Å². The second kappa shape index (κ2) is 6.66. The zero-order chi connectivity index (χ0) is 12.0. The van der Waals surface area contributed by atoms with Crippen LogP contribution in [0.2, 0.25) is 0 Å². The molecule has 0 bridgehead atoms. The quantitative estimate of drug-likeness (QED) is 0.797. The van der Waals surface area contributed by atoms with Crippen LogP contribution >= 0.6 is 0 Å². The average Bonchev–Trinajstić information content (AvgIpc) is 2.26. The lowest BCUT2D eigenvalue weighted by Crippen LogP contribution is -2.33. The van der Waals surface area contributed by atoms with E-state index in [1.54, 1.807) is 7.11 Å². The first-order chi connectivity index (χ1) is 7.63. The normalized spacial score (nSPS) is 14.8. The zero-order valence-corrected chi connectivity index (χ0v) is 10.8. The minimum absolute atomic E-state index is 0.414. The molecule has 0 saturated heterocycles. The fraction of sp³-hybridized carbons (Fsp3) is 0.571. The van der Waals surface area contributed by atoms with E-state index in [4.69, 9.17) is 4.74 Å². The van der Waals surface area contributed by atoms with Crippen molar-refractivity contribution >= 4 is 0 Å². The number of hydrogen-bond acceptors (Lipinski definition) is 2. The summed E-state index contributed by atoms with van der Waals surface area (Å²) in [6, 6.07) is 9.13. The van der Waals surface area contributed by atoms with Crippen LogP contribution in [-0.2, 0) is 4.74 Å². The number of methoxy groups -OCH3 is 1. The third-order valence-electron chi connectivity index (χ3n) is 2.80. The van der Waals surface area contributed by atoms with Gasteiger partial charge in [0.25, 0.3) is 0 Å². The van der Waals surface area contributed by atoms with Gasteiger partial charge in [-0.2, -0.15) is 0 Å². The Bertz CT molecular complexity index is 311. The summed E-state index contributed by atoms with van der Waals surface area (Å²) in [5.74, 6) is 0.541. The van der Waals surface area contributed by atoms with Crippen molar-refractivity contribution in [3.8, 4) is 0 Å². The van der Waals surface area contributed by atoms with Gasteiger partial charge in [-0.15, -0.1) is 0 Å². The van der Waals surface area contributed by atoms with Crippen molar-refractivity contribution in [3.63, 3.8) is 0 Å². The van der Waals surface area contributed by atoms with E-state index in [0.717, 1.165) is 13.2 Å². The summed E-state index contributed by atoms with van der Waals surface area (Å²) in [6.07, 6.45) is 0. The second-order valence-corrected chi connectivity index (χ2v) is 4.58. The van der Waals surface area contributed by atoms with Crippen molar-refractivity contribution in [2.75, 3.05) is 20.3 Å². The summed E-state index contributed by atoms with van der Waals surface area (Å²) in [5, 5.41) is 3.48. The van der Waals surface area contributed by atoms with Crippen LogP contribution in [0.4, 0.5) is 0 Å². The number of ether oxygens (including phenoxy) is 1. The smallest absolute Gasteiger partial charge is 0.0613 e. The molecule has 0 aliphatic heterocycles. The highest BCUT2D eigenvalue weighted by Crippen LogP contribution is 2.15. The summed E-state index contributed by atoms with van der Waals surface area (Å²) in [6.45, 7) is 8.29. The Hall–Kier alpha value is -0.860. The molecular weight excluding hydrogens is 198 g/mol. The van der Waals surface area contributed by atoms with E-state index >= 15 is 0 Å². The molecule has 16 heavy (non-hydrogen) atoms. The van der Waals surface area contributed by atoms with Crippen LogP contribution in [0, 0.1) is 6.92 Å². The number of hydrogen-bond donors (Lipinski definition) is 1. The molecule has 0 amide bonds. The van der Waals surface area contributed by atoms with Gasteiger partial charge in [-0.3, -0.25) is 0 Å². The molecule has 2 heteroatoms. The highest BCUT2D eigenvalue weighted by molar-refractivity contribution is 5.25. The number of benzene rings is 1. The molecule has 1 aromatic carbocycles. The molecule has 1 rings (SSSR count). The third-order valence-corrected chi connectivity index (χ3v) is 2.80. The molecule has 1 aromatic rings. The average molecular weight is 221 g/mol. The summed E-state index contributed by atoms with van der Waals surface area (Å²) < 4.78 is 5.10. The fourth-order valence-corrected chi connectivity index (χ4v) is 1.78. The minimum Gasteiger partial charge on any atom is -0.383 e. The standard InChI is InChI=1S/C14H23NO/c1-11-6-5-7-14(8-11)12(2)9-15-13(3)10-16-4/h5-8,12-13,15H,9-10H2,1-4H3. The summed E-state index contributed by atoms with van der Waals surface area (Å²) in [7, 11) is 1.74. The van der Waals surface area contributed by atoms with Gasteiger partial charge in [-0.05, 0) is 25.3 Å². The van der Waals surface area contributed by atoms with E-state index in [0.29, 0.717) is 12.0 Å². The molecular formula is C14H23NO. The van der Waals surface area contributed by atoms with Crippen molar-refractivity contribution < 1.29 is 4.74 Å². The SMILES string of the molecule is COCC(C)NCC(C)c1cccc(C)c1.